The summed E-state index contributed by atoms with van der Waals surface area (Å²) in [6.45, 7) is 1.66. The highest BCUT2D eigenvalue weighted by Crippen LogP contribution is 2.18. The summed E-state index contributed by atoms with van der Waals surface area (Å²) >= 11 is 0. The second-order valence-corrected chi connectivity index (χ2v) is 6.12. The molecular weight excluding hydrogens is 288 g/mol. The molecule has 1 aliphatic rings. The minimum Gasteiger partial charge on any atom is -0.396 e. The molecule has 0 saturated carbocycles. The maximum absolute atomic E-state index is 12.5. The molecule has 4 nitrogen and oxygen atoms in total. The number of aliphatic hydroxyl groups excluding tert-OH is 1. The van der Waals surface area contributed by atoms with E-state index >= 15 is 0 Å². The number of aromatic nitrogens is 1. The number of benzene rings is 1. The first kappa shape index (κ1) is 15.7. The van der Waals surface area contributed by atoms with Gasteiger partial charge in [0.25, 0.3) is 5.91 Å². The third-order valence-corrected chi connectivity index (χ3v) is 4.46. The van der Waals surface area contributed by atoms with Crippen LogP contribution >= 0.6 is 0 Å². The smallest absolute Gasteiger partial charge is 0.255 e. The second kappa shape index (κ2) is 7.38. The molecule has 0 bridgehead atoms. The van der Waals surface area contributed by atoms with Gasteiger partial charge in [-0.1, -0.05) is 30.3 Å². The fourth-order valence-electron chi connectivity index (χ4n) is 2.96. The van der Waals surface area contributed by atoms with Crippen LogP contribution in [0.2, 0.25) is 0 Å². The zero-order chi connectivity index (χ0) is 16.1. The Morgan fingerprint density at radius 3 is 2.48 bits per heavy atom. The Morgan fingerprint density at radius 1 is 1.13 bits per heavy atom. The third kappa shape index (κ3) is 3.96. The van der Waals surface area contributed by atoms with Crippen molar-refractivity contribution in [3.63, 3.8) is 0 Å². The number of likely N-dealkylation sites (tertiary alicyclic amines) is 1. The Morgan fingerprint density at radius 2 is 1.87 bits per heavy atom. The molecule has 23 heavy (non-hydrogen) atoms. The topological polar surface area (TPSA) is 53.4 Å². The minimum atomic E-state index is 0.0418. The van der Waals surface area contributed by atoms with E-state index < -0.39 is 0 Å². The Hall–Kier alpha value is -2.20. The van der Waals surface area contributed by atoms with Crippen LogP contribution in [-0.4, -0.2) is 40.6 Å². The van der Waals surface area contributed by atoms with Crippen molar-refractivity contribution in [2.45, 2.75) is 19.3 Å². The summed E-state index contributed by atoms with van der Waals surface area (Å²) in [5, 5.41) is 9.17. The molecule has 1 N–H and O–H groups in total. The molecule has 1 amide bonds. The number of carbonyl (C=O) groups is 1. The summed E-state index contributed by atoms with van der Waals surface area (Å²) in [7, 11) is 0. The summed E-state index contributed by atoms with van der Waals surface area (Å²) in [6.07, 6.45) is 4.21. The average molecular weight is 310 g/mol. The Bertz CT molecular complexity index is 632. The van der Waals surface area contributed by atoms with E-state index in [1.807, 2.05) is 35.2 Å². The van der Waals surface area contributed by atoms with Crippen molar-refractivity contribution >= 4 is 5.91 Å². The molecule has 1 aromatic carbocycles. The largest absolute Gasteiger partial charge is 0.396 e. The Balaban J connectivity index is 1.62. The first-order valence-corrected chi connectivity index (χ1v) is 8.15. The normalized spacial score (nSPS) is 15.6. The summed E-state index contributed by atoms with van der Waals surface area (Å²) in [4.78, 5) is 18.8. The van der Waals surface area contributed by atoms with Crippen LogP contribution in [0.4, 0.5) is 0 Å². The quantitative estimate of drug-likeness (QED) is 0.944. The standard InChI is InChI=1S/C19H22N2O2/c22-14-16-8-10-21(11-9-16)19(23)17-6-7-18(20-13-17)12-15-4-2-1-3-5-15/h1-7,13,16,22H,8-12,14H2. The highest BCUT2D eigenvalue weighted by atomic mass is 16.3. The van der Waals surface area contributed by atoms with Gasteiger partial charge in [-0.25, -0.2) is 0 Å². The molecule has 0 spiro atoms. The number of carbonyl (C=O) groups excluding carboxylic acids is 1. The fourth-order valence-corrected chi connectivity index (χ4v) is 2.96. The SMILES string of the molecule is O=C(c1ccc(Cc2ccccc2)nc1)N1CCC(CO)CC1. The zero-order valence-electron chi connectivity index (χ0n) is 13.2. The molecule has 0 unspecified atom stereocenters. The molecule has 1 saturated heterocycles. The van der Waals surface area contributed by atoms with Gasteiger partial charge in [0.05, 0.1) is 5.56 Å². The van der Waals surface area contributed by atoms with Crippen molar-refractivity contribution in [3.05, 3.63) is 65.5 Å². The third-order valence-electron chi connectivity index (χ3n) is 4.46. The first-order chi connectivity index (χ1) is 11.3. The van der Waals surface area contributed by atoms with E-state index in [1.54, 1.807) is 6.20 Å². The number of hydrogen-bond acceptors (Lipinski definition) is 3. The molecule has 4 heteroatoms. The molecule has 1 aromatic heterocycles. The predicted molar refractivity (Wildman–Crippen MR) is 89.2 cm³/mol. The van der Waals surface area contributed by atoms with Gasteiger partial charge in [-0.05, 0) is 36.5 Å². The number of rotatable bonds is 4. The number of nitrogens with zero attached hydrogens (tertiary/aromatic N) is 2. The molecule has 0 atom stereocenters. The average Bonchev–Trinajstić information content (AvgIpc) is 2.63. The number of amides is 1. The Labute approximate surface area is 136 Å². The molecule has 1 aliphatic heterocycles. The molecule has 0 radical (unpaired) electrons. The van der Waals surface area contributed by atoms with Crippen LogP contribution in [0.15, 0.2) is 48.7 Å². The van der Waals surface area contributed by atoms with Crippen molar-refractivity contribution in [1.82, 2.24) is 9.88 Å². The summed E-state index contributed by atoms with van der Waals surface area (Å²) in [5.74, 6) is 0.380. The lowest BCUT2D eigenvalue weighted by Crippen LogP contribution is -2.39. The van der Waals surface area contributed by atoms with Crippen LogP contribution in [0.25, 0.3) is 0 Å². The van der Waals surface area contributed by atoms with Gasteiger partial charge in [0.2, 0.25) is 0 Å². The summed E-state index contributed by atoms with van der Waals surface area (Å²) in [5.41, 5.74) is 2.82. The van der Waals surface area contributed by atoms with Crippen molar-refractivity contribution in [3.8, 4) is 0 Å². The maximum Gasteiger partial charge on any atom is 0.255 e. The lowest BCUT2D eigenvalue weighted by atomic mass is 9.97. The van der Waals surface area contributed by atoms with Crippen LogP contribution in [-0.2, 0) is 6.42 Å². The van der Waals surface area contributed by atoms with Gasteiger partial charge < -0.3 is 10.0 Å². The molecular formula is C19H22N2O2. The van der Waals surface area contributed by atoms with E-state index in [2.05, 4.69) is 17.1 Å². The van der Waals surface area contributed by atoms with E-state index in [4.69, 9.17) is 0 Å². The van der Waals surface area contributed by atoms with Crippen molar-refractivity contribution in [1.29, 1.82) is 0 Å². The number of pyridine rings is 1. The van der Waals surface area contributed by atoms with Crippen molar-refractivity contribution in [2.75, 3.05) is 19.7 Å². The molecule has 2 heterocycles. The van der Waals surface area contributed by atoms with E-state index in [0.717, 1.165) is 38.0 Å². The van der Waals surface area contributed by atoms with Crippen LogP contribution in [0, 0.1) is 5.92 Å². The van der Waals surface area contributed by atoms with Crippen LogP contribution in [0.3, 0.4) is 0 Å². The van der Waals surface area contributed by atoms with Gasteiger partial charge in [-0.3, -0.25) is 9.78 Å². The van der Waals surface area contributed by atoms with Gasteiger partial charge in [-0.15, -0.1) is 0 Å². The van der Waals surface area contributed by atoms with Gasteiger partial charge in [0.15, 0.2) is 0 Å². The highest BCUT2D eigenvalue weighted by molar-refractivity contribution is 5.94. The molecule has 120 valence electrons. The van der Waals surface area contributed by atoms with E-state index in [-0.39, 0.29) is 12.5 Å². The molecule has 1 fully saturated rings. The number of hydrogen-bond donors (Lipinski definition) is 1. The van der Waals surface area contributed by atoms with Crippen molar-refractivity contribution in [2.24, 2.45) is 5.92 Å². The lowest BCUT2D eigenvalue weighted by Gasteiger charge is -2.31. The molecule has 0 aliphatic carbocycles. The maximum atomic E-state index is 12.5. The van der Waals surface area contributed by atoms with Gasteiger partial charge in [-0.2, -0.15) is 0 Å². The van der Waals surface area contributed by atoms with Crippen LogP contribution in [0.1, 0.15) is 34.5 Å². The van der Waals surface area contributed by atoms with Gasteiger partial charge in [0, 0.05) is 38.0 Å². The number of aliphatic hydroxyl groups is 1. The predicted octanol–water partition coefficient (Wildman–Crippen LogP) is 2.52. The number of piperidine rings is 1. The minimum absolute atomic E-state index is 0.0418. The van der Waals surface area contributed by atoms with E-state index in [9.17, 15) is 9.90 Å². The van der Waals surface area contributed by atoms with Crippen LogP contribution in [0.5, 0.6) is 0 Å². The van der Waals surface area contributed by atoms with Gasteiger partial charge >= 0.3 is 0 Å². The van der Waals surface area contributed by atoms with E-state index in [1.165, 1.54) is 5.56 Å². The molecule has 2 aromatic rings. The first-order valence-electron chi connectivity index (χ1n) is 8.15. The summed E-state index contributed by atoms with van der Waals surface area (Å²) < 4.78 is 0. The monoisotopic (exact) mass is 310 g/mol. The fraction of sp³-hybridized carbons (Fsp3) is 0.368. The lowest BCUT2D eigenvalue weighted by molar-refractivity contribution is 0.0650. The Kier molecular flexibility index (Phi) is 5.03. The van der Waals surface area contributed by atoms with Gasteiger partial charge in [0.1, 0.15) is 0 Å². The van der Waals surface area contributed by atoms with Crippen LogP contribution < -0.4 is 0 Å². The summed E-state index contributed by atoms with van der Waals surface area (Å²) in [6, 6.07) is 14.0. The van der Waals surface area contributed by atoms with Crippen molar-refractivity contribution < 1.29 is 9.90 Å². The van der Waals surface area contributed by atoms with E-state index in [0.29, 0.717) is 11.5 Å². The zero-order valence-corrected chi connectivity index (χ0v) is 13.2. The second-order valence-electron chi connectivity index (χ2n) is 6.12. The highest BCUT2D eigenvalue weighted by Gasteiger charge is 2.23. The molecule has 3 rings (SSSR count).